The normalized spacial score (nSPS) is 18.6. The van der Waals surface area contributed by atoms with E-state index < -0.39 is 0 Å². The van der Waals surface area contributed by atoms with Gasteiger partial charge in [-0.05, 0) is 25.2 Å². The van der Waals surface area contributed by atoms with Crippen LogP contribution in [-0.4, -0.2) is 31.7 Å². The van der Waals surface area contributed by atoms with Crippen molar-refractivity contribution >= 4 is 5.91 Å². The van der Waals surface area contributed by atoms with Crippen molar-refractivity contribution < 1.29 is 9.53 Å². The summed E-state index contributed by atoms with van der Waals surface area (Å²) in [6, 6.07) is 0.139. The first kappa shape index (κ1) is 13.5. The van der Waals surface area contributed by atoms with E-state index in [1.807, 2.05) is 6.92 Å². The summed E-state index contributed by atoms with van der Waals surface area (Å²) in [6.07, 6.45) is 5.86. The molecule has 1 atom stereocenters. The topological polar surface area (TPSA) is 64.3 Å². The predicted octanol–water partition coefficient (Wildman–Crippen LogP) is 1.05. The number of hydrogen-bond donors (Lipinski definition) is 2. The van der Waals surface area contributed by atoms with Gasteiger partial charge < -0.3 is 15.8 Å². The molecule has 4 heteroatoms. The fourth-order valence-electron chi connectivity index (χ4n) is 2.29. The van der Waals surface area contributed by atoms with Crippen LogP contribution in [0.3, 0.4) is 0 Å². The van der Waals surface area contributed by atoms with E-state index in [0.29, 0.717) is 19.1 Å². The number of nitrogens with two attached hydrogens (primary N) is 1. The first-order valence-electron chi connectivity index (χ1n) is 6.35. The van der Waals surface area contributed by atoms with Crippen LogP contribution in [0, 0.1) is 5.92 Å². The number of ether oxygens (including phenoxy) is 1. The number of nitrogens with one attached hydrogen (secondary N) is 1. The van der Waals surface area contributed by atoms with Gasteiger partial charge in [-0.1, -0.05) is 19.8 Å². The van der Waals surface area contributed by atoms with Gasteiger partial charge >= 0.3 is 0 Å². The highest BCUT2D eigenvalue weighted by atomic mass is 16.5. The van der Waals surface area contributed by atoms with E-state index >= 15 is 0 Å². The lowest BCUT2D eigenvalue weighted by Gasteiger charge is -2.23. The van der Waals surface area contributed by atoms with Crippen molar-refractivity contribution in [3.63, 3.8) is 0 Å². The Hall–Kier alpha value is -0.610. The van der Waals surface area contributed by atoms with Crippen LogP contribution < -0.4 is 11.1 Å². The summed E-state index contributed by atoms with van der Waals surface area (Å²) in [4.78, 5) is 11.6. The molecule has 16 heavy (non-hydrogen) atoms. The molecule has 1 fully saturated rings. The second-order valence-corrected chi connectivity index (χ2v) is 4.51. The van der Waals surface area contributed by atoms with Gasteiger partial charge in [0.1, 0.15) is 6.61 Å². The molecular weight excluding hydrogens is 204 g/mol. The number of carbonyl (C=O) groups is 1. The molecule has 3 N–H and O–H groups in total. The molecule has 0 aliphatic heterocycles. The smallest absolute Gasteiger partial charge is 0.246 e. The number of hydrogen-bond acceptors (Lipinski definition) is 3. The lowest BCUT2D eigenvalue weighted by molar-refractivity contribution is -0.126. The highest BCUT2D eigenvalue weighted by Gasteiger charge is 2.24. The van der Waals surface area contributed by atoms with Gasteiger partial charge in [-0.15, -0.1) is 0 Å². The molecule has 1 aliphatic rings. The summed E-state index contributed by atoms with van der Waals surface area (Å²) < 4.78 is 5.20. The van der Waals surface area contributed by atoms with Crippen LogP contribution in [0.1, 0.15) is 39.0 Å². The average Bonchev–Trinajstić information content (AvgIpc) is 2.79. The third-order valence-electron chi connectivity index (χ3n) is 3.15. The molecule has 1 aliphatic carbocycles. The molecule has 0 aromatic carbocycles. The van der Waals surface area contributed by atoms with Gasteiger partial charge in [0.05, 0.1) is 0 Å². The van der Waals surface area contributed by atoms with E-state index in [1.165, 1.54) is 25.7 Å². The Morgan fingerprint density at radius 3 is 2.75 bits per heavy atom. The average molecular weight is 228 g/mol. The summed E-state index contributed by atoms with van der Waals surface area (Å²) in [5.41, 5.74) is 5.70. The van der Waals surface area contributed by atoms with E-state index in [0.717, 1.165) is 6.42 Å². The molecule has 1 saturated carbocycles. The first-order chi connectivity index (χ1) is 7.77. The van der Waals surface area contributed by atoms with E-state index in [9.17, 15) is 4.79 Å². The second kappa shape index (κ2) is 7.63. The zero-order valence-corrected chi connectivity index (χ0v) is 10.2. The Kier molecular flexibility index (Phi) is 6.42. The van der Waals surface area contributed by atoms with Crippen molar-refractivity contribution in [3.05, 3.63) is 0 Å². The second-order valence-electron chi connectivity index (χ2n) is 4.51. The lowest BCUT2D eigenvalue weighted by atomic mass is 9.98. The van der Waals surface area contributed by atoms with Crippen LogP contribution in [0.4, 0.5) is 0 Å². The molecule has 0 aromatic heterocycles. The molecule has 1 amide bonds. The van der Waals surface area contributed by atoms with Crippen molar-refractivity contribution in [1.29, 1.82) is 0 Å². The first-order valence-corrected chi connectivity index (χ1v) is 6.35. The molecule has 94 valence electrons. The molecule has 0 bridgehead atoms. The van der Waals surface area contributed by atoms with Crippen LogP contribution in [0.2, 0.25) is 0 Å². The Morgan fingerprint density at radius 1 is 1.50 bits per heavy atom. The van der Waals surface area contributed by atoms with Gasteiger partial charge in [-0.3, -0.25) is 4.79 Å². The summed E-state index contributed by atoms with van der Waals surface area (Å²) in [6.45, 7) is 3.37. The van der Waals surface area contributed by atoms with E-state index in [1.54, 1.807) is 0 Å². The van der Waals surface area contributed by atoms with Gasteiger partial charge in [0.25, 0.3) is 0 Å². The Morgan fingerprint density at radius 2 is 2.19 bits per heavy atom. The van der Waals surface area contributed by atoms with Crippen LogP contribution >= 0.6 is 0 Å². The fraction of sp³-hybridized carbons (Fsp3) is 0.917. The lowest BCUT2D eigenvalue weighted by Crippen LogP contribution is -2.45. The molecule has 0 radical (unpaired) electrons. The molecule has 0 spiro atoms. The number of amides is 1. The van der Waals surface area contributed by atoms with Crippen molar-refractivity contribution in [2.75, 3.05) is 19.8 Å². The summed E-state index contributed by atoms with van der Waals surface area (Å²) in [7, 11) is 0. The largest absolute Gasteiger partial charge is 0.372 e. The molecular formula is C12H24N2O2. The summed E-state index contributed by atoms with van der Waals surface area (Å²) >= 11 is 0. The third kappa shape index (κ3) is 4.49. The van der Waals surface area contributed by atoms with E-state index in [4.69, 9.17) is 10.5 Å². The van der Waals surface area contributed by atoms with E-state index in [2.05, 4.69) is 5.32 Å². The quantitative estimate of drug-likeness (QED) is 0.640. The van der Waals surface area contributed by atoms with Crippen molar-refractivity contribution in [3.8, 4) is 0 Å². The maximum absolute atomic E-state index is 11.6. The Bertz CT molecular complexity index is 203. The zero-order valence-electron chi connectivity index (χ0n) is 10.2. The Balaban J connectivity index is 2.23. The predicted molar refractivity (Wildman–Crippen MR) is 64.1 cm³/mol. The SMILES string of the molecule is CCCOCC(=O)NC(CN)C1CCCC1. The molecule has 0 aromatic rings. The molecule has 1 rings (SSSR count). The highest BCUT2D eigenvalue weighted by Crippen LogP contribution is 2.27. The van der Waals surface area contributed by atoms with Gasteiger partial charge in [0.2, 0.25) is 5.91 Å². The highest BCUT2D eigenvalue weighted by molar-refractivity contribution is 5.77. The monoisotopic (exact) mass is 228 g/mol. The van der Waals surface area contributed by atoms with Crippen LogP contribution in [0.15, 0.2) is 0 Å². The van der Waals surface area contributed by atoms with Gasteiger partial charge in [0, 0.05) is 19.2 Å². The maximum Gasteiger partial charge on any atom is 0.246 e. The molecule has 0 heterocycles. The summed E-state index contributed by atoms with van der Waals surface area (Å²) in [5, 5.41) is 2.98. The third-order valence-corrected chi connectivity index (χ3v) is 3.15. The van der Waals surface area contributed by atoms with E-state index in [-0.39, 0.29) is 18.6 Å². The van der Waals surface area contributed by atoms with Gasteiger partial charge in [-0.25, -0.2) is 0 Å². The van der Waals surface area contributed by atoms with Gasteiger partial charge in [-0.2, -0.15) is 0 Å². The minimum absolute atomic E-state index is 0.0317. The number of rotatable bonds is 7. The van der Waals surface area contributed by atoms with Crippen LogP contribution in [-0.2, 0) is 9.53 Å². The summed E-state index contributed by atoms with van der Waals surface area (Å²) in [5.74, 6) is 0.538. The van der Waals surface area contributed by atoms with Crippen LogP contribution in [0.25, 0.3) is 0 Å². The van der Waals surface area contributed by atoms with Gasteiger partial charge in [0.15, 0.2) is 0 Å². The zero-order chi connectivity index (χ0) is 11.8. The van der Waals surface area contributed by atoms with Crippen molar-refractivity contribution in [2.24, 2.45) is 11.7 Å². The minimum atomic E-state index is -0.0317. The minimum Gasteiger partial charge on any atom is -0.372 e. The maximum atomic E-state index is 11.6. The van der Waals surface area contributed by atoms with Crippen molar-refractivity contribution in [2.45, 2.75) is 45.1 Å². The molecule has 0 saturated heterocycles. The van der Waals surface area contributed by atoms with Crippen LogP contribution in [0.5, 0.6) is 0 Å². The standard InChI is InChI=1S/C12H24N2O2/c1-2-7-16-9-12(15)14-11(8-13)10-5-3-4-6-10/h10-11H,2-9,13H2,1H3,(H,14,15). The Labute approximate surface area is 97.9 Å². The molecule has 1 unspecified atom stereocenters. The number of carbonyl (C=O) groups excluding carboxylic acids is 1. The fourth-order valence-corrected chi connectivity index (χ4v) is 2.29. The molecule has 4 nitrogen and oxygen atoms in total. The van der Waals surface area contributed by atoms with Crippen molar-refractivity contribution in [1.82, 2.24) is 5.32 Å².